The molecule has 0 bridgehead atoms. The first-order valence-corrected chi connectivity index (χ1v) is 8.65. The van der Waals surface area contributed by atoms with Gasteiger partial charge in [0, 0.05) is 0 Å². The van der Waals surface area contributed by atoms with Crippen LogP contribution in [0, 0.1) is 0 Å². The van der Waals surface area contributed by atoms with E-state index in [1.165, 1.54) is 11.1 Å². The molecule has 6 heteroatoms. The highest BCUT2D eigenvalue weighted by Crippen LogP contribution is 2.25. The quantitative estimate of drug-likeness (QED) is 0.753. The second-order valence-electron chi connectivity index (χ2n) is 4.91. The van der Waals surface area contributed by atoms with E-state index in [2.05, 4.69) is 43.1 Å². The summed E-state index contributed by atoms with van der Waals surface area (Å²) in [6.07, 6.45) is 2.90. The summed E-state index contributed by atoms with van der Waals surface area (Å²) < 4.78 is 10.9. The monoisotopic (exact) mass is 322 g/mol. The first kappa shape index (κ1) is 16.7. The maximum atomic E-state index is 10.9. The molecule has 0 aliphatic carbocycles. The summed E-state index contributed by atoms with van der Waals surface area (Å²) in [6.45, 7) is 6.39. The summed E-state index contributed by atoms with van der Waals surface area (Å²) in [5.74, 6) is 1.27. The zero-order chi connectivity index (χ0) is 15.9. The fourth-order valence-electron chi connectivity index (χ4n) is 2.22. The normalized spacial score (nSPS) is 12.3. The van der Waals surface area contributed by atoms with Crippen LogP contribution in [0.3, 0.4) is 0 Å². The van der Waals surface area contributed by atoms with Gasteiger partial charge in [0.1, 0.15) is 11.2 Å². The van der Waals surface area contributed by atoms with Gasteiger partial charge in [-0.3, -0.25) is 0 Å². The zero-order valence-corrected chi connectivity index (χ0v) is 14.0. The van der Waals surface area contributed by atoms with Gasteiger partial charge in [0.2, 0.25) is 5.89 Å². The second kappa shape index (κ2) is 8.08. The number of aryl methyl sites for hydroxylation is 2. The van der Waals surface area contributed by atoms with Crippen molar-refractivity contribution in [1.29, 1.82) is 0 Å². The van der Waals surface area contributed by atoms with Crippen molar-refractivity contribution in [3.63, 3.8) is 0 Å². The van der Waals surface area contributed by atoms with Gasteiger partial charge in [0.15, 0.2) is 0 Å². The Morgan fingerprint density at radius 1 is 1.27 bits per heavy atom. The van der Waals surface area contributed by atoms with Crippen molar-refractivity contribution in [2.45, 2.75) is 51.2 Å². The van der Waals surface area contributed by atoms with E-state index in [9.17, 15) is 4.79 Å². The predicted octanol–water partition coefficient (Wildman–Crippen LogP) is 3.54. The molecule has 0 saturated carbocycles. The van der Waals surface area contributed by atoms with Crippen LogP contribution in [-0.4, -0.2) is 15.6 Å². The lowest BCUT2D eigenvalue weighted by Crippen LogP contribution is -2.11. The van der Waals surface area contributed by atoms with Crippen molar-refractivity contribution in [3.05, 3.63) is 45.8 Å². The molecule has 1 atom stereocenters. The molecule has 0 fully saturated rings. The average Bonchev–Trinajstić information content (AvgIpc) is 2.96. The van der Waals surface area contributed by atoms with Crippen molar-refractivity contribution >= 4 is 11.8 Å². The van der Waals surface area contributed by atoms with Gasteiger partial charge in [-0.25, -0.2) is 9.89 Å². The summed E-state index contributed by atoms with van der Waals surface area (Å²) >= 11 is 1.57. The van der Waals surface area contributed by atoms with Crippen LogP contribution in [0.1, 0.15) is 44.2 Å². The summed E-state index contributed by atoms with van der Waals surface area (Å²) in [5, 5.41) is 6.06. The van der Waals surface area contributed by atoms with Crippen LogP contribution in [0.4, 0.5) is 0 Å². The van der Waals surface area contributed by atoms with Gasteiger partial charge in [0.05, 0.1) is 5.75 Å². The van der Waals surface area contributed by atoms with Crippen LogP contribution in [0.2, 0.25) is 0 Å². The maximum Gasteiger partial charge on any atom is 0.434 e. The Bertz CT molecular complexity index is 651. The number of H-pyrrole nitrogens is 1. The topological polar surface area (TPSA) is 68.1 Å². The zero-order valence-electron chi connectivity index (χ0n) is 13.2. The molecule has 2 aromatic rings. The minimum Gasteiger partial charge on any atom is -0.480 e. The Kier molecular flexibility index (Phi) is 6.12. The van der Waals surface area contributed by atoms with Gasteiger partial charge in [0.25, 0.3) is 0 Å². The first-order chi connectivity index (χ1) is 10.7. The predicted molar refractivity (Wildman–Crippen MR) is 88.3 cm³/mol. The van der Waals surface area contributed by atoms with Crippen LogP contribution in [-0.2, 0) is 18.6 Å². The Morgan fingerprint density at radius 2 is 2.05 bits per heavy atom. The van der Waals surface area contributed by atoms with Crippen molar-refractivity contribution in [2.24, 2.45) is 0 Å². The third kappa shape index (κ3) is 4.40. The highest BCUT2D eigenvalue weighted by molar-refractivity contribution is 7.99. The van der Waals surface area contributed by atoms with Gasteiger partial charge in [-0.1, -0.05) is 26.8 Å². The standard InChI is InChI=1S/C16H22N2O3S/c1-4-11-7-8-13(9-12(11)5-2)20-15(6-3)22-10-14-17-18-16(19)21-14/h7-9,15H,4-6,10H2,1-3H3,(H,18,19). The van der Waals surface area contributed by atoms with Gasteiger partial charge >= 0.3 is 5.76 Å². The molecule has 0 spiro atoms. The van der Waals surface area contributed by atoms with Gasteiger partial charge in [-0.2, -0.15) is 0 Å². The van der Waals surface area contributed by atoms with Crippen molar-refractivity contribution < 1.29 is 9.15 Å². The molecule has 1 aromatic heterocycles. The lowest BCUT2D eigenvalue weighted by molar-refractivity contribution is 0.283. The number of ether oxygens (including phenoxy) is 1. The van der Waals surface area contributed by atoms with E-state index < -0.39 is 5.76 Å². The molecule has 1 aromatic carbocycles. The molecule has 0 saturated heterocycles. The number of rotatable bonds is 8. The molecule has 0 amide bonds. The highest BCUT2D eigenvalue weighted by Gasteiger charge is 2.12. The molecular formula is C16H22N2O3S. The number of nitrogens with one attached hydrogen (secondary N) is 1. The number of thioether (sulfide) groups is 1. The summed E-state index contributed by atoms with van der Waals surface area (Å²) in [4.78, 5) is 10.9. The molecule has 2 rings (SSSR count). The number of aromatic nitrogens is 2. The maximum absolute atomic E-state index is 10.9. The Hall–Kier alpha value is -1.69. The number of hydrogen-bond acceptors (Lipinski definition) is 5. The highest BCUT2D eigenvalue weighted by atomic mass is 32.2. The smallest absolute Gasteiger partial charge is 0.434 e. The fourth-order valence-corrected chi connectivity index (χ4v) is 3.09. The molecule has 1 heterocycles. The first-order valence-electron chi connectivity index (χ1n) is 7.60. The van der Waals surface area contributed by atoms with Crippen LogP contribution in [0.15, 0.2) is 27.4 Å². The van der Waals surface area contributed by atoms with E-state index in [1.54, 1.807) is 11.8 Å². The Morgan fingerprint density at radius 3 is 2.64 bits per heavy atom. The van der Waals surface area contributed by atoms with E-state index in [0.717, 1.165) is 25.0 Å². The minimum absolute atomic E-state index is 0.000755. The van der Waals surface area contributed by atoms with Crippen LogP contribution < -0.4 is 10.5 Å². The number of nitrogens with zero attached hydrogens (tertiary/aromatic N) is 1. The summed E-state index contributed by atoms with van der Waals surface area (Å²) in [5.41, 5.74) is 2.70. The van der Waals surface area contributed by atoms with Gasteiger partial charge < -0.3 is 9.15 Å². The van der Waals surface area contributed by atoms with Crippen LogP contribution >= 0.6 is 11.8 Å². The molecule has 0 aliphatic heterocycles. The molecule has 120 valence electrons. The Balaban J connectivity index is 1.98. The molecule has 22 heavy (non-hydrogen) atoms. The lowest BCUT2D eigenvalue weighted by atomic mass is 10.0. The van der Waals surface area contributed by atoms with Crippen LogP contribution in [0.5, 0.6) is 5.75 Å². The van der Waals surface area contributed by atoms with Crippen molar-refractivity contribution in [1.82, 2.24) is 10.2 Å². The molecule has 5 nitrogen and oxygen atoms in total. The molecular weight excluding hydrogens is 300 g/mol. The fraction of sp³-hybridized carbons (Fsp3) is 0.500. The van der Waals surface area contributed by atoms with Gasteiger partial charge in [-0.15, -0.1) is 16.9 Å². The average molecular weight is 322 g/mol. The number of benzene rings is 1. The van der Waals surface area contributed by atoms with Crippen LogP contribution in [0.25, 0.3) is 0 Å². The molecule has 0 radical (unpaired) electrons. The van der Waals surface area contributed by atoms with E-state index in [-0.39, 0.29) is 5.44 Å². The van der Waals surface area contributed by atoms with Crippen molar-refractivity contribution in [2.75, 3.05) is 0 Å². The van der Waals surface area contributed by atoms with E-state index in [0.29, 0.717) is 11.6 Å². The van der Waals surface area contributed by atoms with E-state index in [4.69, 9.17) is 9.15 Å². The SMILES string of the molecule is CCc1ccc(OC(CC)SCc2n[nH]c(=O)o2)cc1CC. The third-order valence-corrected chi connectivity index (χ3v) is 4.63. The van der Waals surface area contributed by atoms with Gasteiger partial charge in [-0.05, 0) is 42.5 Å². The summed E-state index contributed by atoms with van der Waals surface area (Å²) in [6, 6.07) is 6.28. The number of aromatic amines is 1. The van der Waals surface area contributed by atoms with E-state index in [1.807, 2.05) is 6.07 Å². The third-order valence-electron chi connectivity index (χ3n) is 3.42. The molecule has 1 N–H and O–H groups in total. The van der Waals surface area contributed by atoms with E-state index >= 15 is 0 Å². The molecule has 1 unspecified atom stereocenters. The minimum atomic E-state index is -0.521. The lowest BCUT2D eigenvalue weighted by Gasteiger charge is -2.17. The second-order valence-corrected chi connectivity index (χ2v) is 6.06. The van der Waals surface area contributed by atoms with Crippen molar-refractivity contribution in [3.8, 4) is 5.75 Å². The largest absolute Gasteiger partial charge is 0.480 e. The molecule has 0 aliphatic rings. The number of hydrogen-bond donors (Lipinski definition) is 1. The summed E-state index contributed by atoms with van der Waals surface area (Å²) in [7, 11) is 0. The Labute approximate surface area is 134 Å².